The summed E-state index contributed by atoms with van der Waals surface area (Å²) in [6, 6.07) is 0. The molecular formula is C6H17NO3. The minimum absolute atomic E-state index is 0. The van der Waals surface area contributed by atoms with Crippen molar-refractivity contribution in [2.75, 3.05) is 40.4 Å². The first-order valence-corrected chi connectivity index (χ1v) is 3.10. The molecule has 0 spiro atoms. The lowest BCUT2D eigenvalue weighted by molar-refractivity contribution is -0.898. The molecule has 0 saturated carbocycles. The highest BCUT2D eigenvalue weighted by Gasteiger charge is 2.18. The molecule has 1 rings (SSSR count). The average molecular weight is 151 g/mol. The molecule has 1 saturated heterocycles. The summed E-state index contributed by atoms with van der Waals surface area (Å²) in [5.74, 6) is 0. The van der Waals surface area contributed by atoms with E-state index in [2.05, 4.69) is 14.1 Å². The van der Waals surface area contributed by atoms with Gasteiger partial charge in [0.15, 0.2) is 0 Å². The third kappa shape index (κ3) is 3.79. The van der Waals surface area contributed by atoms with Gasteiger partial charge < -0.3 is 20.2 Å². The van der Waals surface area contributed by atoms with Gasteiger partial charge in [-0.05, 0) is 0 Å². The van der Waals surface area contributed by atoms with Gasteiger partial charge in [0.25, 0.3) is 0 Å². The van der Waals surface area contributed by atoms with E-state index in [4.69, 9.17) is 4.74 Å². The summed E-state index contributed by atoms with van der Waals surface area (Å²) in [5, 5.41) is 0. The van der Waals surface area contributed by atoms with Crippen LogP contribution in [0.2, 0.25) is 0 Å². The maximum atomic E-state index is 5.19. The van der Waals surface area contributed by atoms with E-state index in [9.17, 15) is 0 Å². The zero-order chi connectivity index (χ0) is 6.04. The van der Waals surface area contributed by atoms with Gasteiger partial charge in [0.1, 0.15) is 13.1 Å². The van der Waals surface area contributed by atoms with Gasteiger partial charge >= 0.3 is 0 Å². The fraction of sp³-hybridized carbons (Fsp3) is 1.00. The van der Waals surface area contributed by atoms with Crippen LogP contribution in [0.5, 0.6) is 0 Å². The van der Waals surface area contributed by atoms with Gasteiger partial charge in [0.05, 0.1) is 27.3 Å². The van der Waals surface area contributed by atoms with E-state index >= 15 is 0 Å². The molecule has 0 aromatic rings. The smallest absolute Gasteiger partial charge is 0.102 e. The van der Waals surface area contributed by atoms with E-state index in [1.54, 1.807) is 0 Å². The van der Waals surface area contributed by atoms with E-state index in [0.717, 1.165) is 17.7 Å². The van der Waals surface area contributed by atoms with Gasteiger partial charge in [-0.15, -0.1) is 0 Å². The lowest BCUT2D eigenvalue weighted by atomic mass is 10.4. The van der Waals surface area contributed by atoms with Gasteiger partial charge in [0, 0.05) is 0 Å². The molecule has 0 aromatic carbocycles. The van der Waals surface area contributed by atoms with Crippen LogP contribution in [-0.4, -0.2) is 55.8 Å². The maximum absolute atomic E-state index is 5.19. The predicted molar refractivity (Wildman–Crippen MR) is 38.2 cm³/mol. The predicted octanol–water partition coefficient (Wildman–Crippen LogP) is -0.909. The number of likely N-dealkylation sites (N-methyl/N-ethyl adjacent to an activating group) is 1. The summed E-state index contributed by atoms with van der Waals surface area (Å²) >= 11 is 0. The van der Waals surface area contributed by atoms with Crippen LogP contribution in [0.3, 0.4) is 0 Å². The van der Waals surface area contributed by atoms with E-state index in [1.807, 2.05) is 0 Å². The Labute approximate surface area is 61.6 Å². The topological polar surface area (TPSA) is 70.7 Å². The first kappa shape index (κ1) is 12.5. The fourth-order valence-corrected chi connectivity index (χ4v) is 0.837. The summed E-state index contributed by atoms with van der Waals surface area (Å²) in [4.78, 5) is 0. The van der Waals surface area contributed by atoms with Crippen molar-refractivity contribution in [2.45, 2.75) is 0 Å². The van der Waals surface area contributed by atoms with Crippen molar-refractivity contribution in [3.63, 3.8) is 0 Å². The highest BCUT2D eigenvalue weighted by molar-refractivity contribution is 4.40. The van der Waals surface area contributed by atoms with Gasteiger partial charge in [-0.2, -0.15) is 0 Å². The van der Waals surface area contributed by atoms with Crippen LogP contribution in [-0.2, 0) is 4.74 Å². The number of hydrogen-bond donors (Lipinski definition) is 0. The van der Waals surface area contributed by atoms with Crippen molar-refractivity contribution < 1.29 is 20.2 Å². The highest BCUT2D eigenvalue weighted by atomic mass is 16.5. The van der Waals surface area contributed by atoms with E-state index < -0.39 is 0 Å². The first-order chi connectivity index (χ1) is 3.71. The van der Waals surface area contributed by atoms with Crippen LogP contribution in [0.25, 0.3) is 0 Å². The Bertz CT molecular complexity index is 77.1. The molecule has 4 nitrogen and oxygen atoms in total. The van der Waals surface area contributed by atoms with E-state index in [0.29, 0.717) is 0 Å². The number of nitrogens with zero attached hydrogens (tertiary/aromatic N) is 1. The zero-order valence-corrected chi connectivity index (χ0v) is 6.63. The summed E-state index contributed by atoms with van der Waals surface area (Å²) in [7, 11) is 4.48. The Morgan fingerprint density at radius 2 is 1.50 bits per heavy atom. The third-order valence-corrected chi connectivity index (χ3v) is 1.68. The molecule has 0 bridgehead atoms. The molecule has 64 valence electrons. The van der Waals surface area contributed by atoms with Crippen molar-refractivity contribution in [1.29, 1.82) is 0 Å². The Hall–Kier alpha value is -0.160. The van der Waals surface area contributed by atoms with E-state index in [-0.39, 0.29) is 11.0 Å². The van der Waals surface area contributed by atoms with Crippen LogP contribution < -0.4 is 0 Å². The fourth-order valence-electron chi connectivity index (χ4n) is 0.837. The molecule has 1 heterocycles. The highest BCUT2D eigenvalue weighted by Crippen LogP contribution is 2.00. The van der Waals surface area contributed by atoms with Gasteiger partial charge in [0.2, 0.25) is 0 Å². The van der Waals surface area contributed by atoms with Gasteiger partial charge in [-0.3, -0.25) is 0 Å². The molecule has 0 atom stereocenters. The summed E-state index contributed by atoms with van der Waals surface area (Å²) in [6.07, 6.45) is 0. The molecule has 1 fully saturated rings. The molecule has 10 heavy (non-hydrogen) atoms. The second kappa shape index (κ2) is 4.62. The Morgan fingerprint density at radius 3 is 1.70 bits per heavy atom. The van der Waals surface area contributed by atoms with Crippen LogP contribution in [0.1, 0.15) is 0 Å². The third-order valence-electron chi connectivity index (χ3n) is 1.68. The minimum Gasteiger partial charge on any atom is -0.870 e. The van der Waals surface area contributed by atoms with E-state index in [1.165, 1.54) is 13.1 Å². The van der Waals surface area contributed by atoms with Gasteiger partial charge in [-0.1, -0.05) is 0 Å². The first-order valence-electron chi connectivity index (χ1n) is 3.10. The molecular weight excluding hydrogens is 134 g/mol. The quantitative estimate of drug-likeness (QED) is 0.420. The SMILES string of the molecule is C[N+]1(C)CCOCC1.O.[OH-]. The summed E-state index contributed by atoms with van der Waals surface area (Å²) in [6.45, 7) is 4.21. The number of hydrogen-bond acceptors (Lipinski definition) is 2. The number of rotatable bonds is 0. The molecule has 1 aliphatic heterocycles. The molecule has 0 unspecified atom stereocenters. The number of quaternary nitrogens is 1. The Kier molecular flexibility index (Phi) is 5.78. The Morgan fingerprint density at radius 1 is 1.10 bits per heavy atom. The van der Waals surface area contributed by atoms with Crippen molar-refractivity contribution >= 4 is 0 Å². The molecule has 4 heteroatoms. The van der Waals surface area contributed by atoms with Crippen molar-refractivity contribution in [1.82, 2.24) is 0 Å². The molecule has 3 N–H and O–H groups in total. The number of ether oxygens (including phenoxy) is 1. The summed E-state index contributed by atoms with van der Waals surface area (Å²) < 4.78 is 6.31. The lowest BCUT2D eigenvalue weighted by Crippen LogP contribution is -2.48. The second-order valence-corrected chi connectivity index (χ2v) is 3.00. The number of morpholine rings is 1. The summed E-state index contributed by atoms with van der Waals surface area (Å²) in [5.41, 5.74) is 0. The molecule has 0 aliphatic carbocycles. The van der Waals surface area contributed by atoms with Crippen LogP contribution in [0.4, 0.5) is 0 Å². The van der Waals surface area contributed by atoms with Crippen molar-refractivity contribution in [3.8, 4) is 0 Å². The standard InChI is InChI=1S/C6H14NO.2H2O/c1-7(2)3-5-8-6-4-7;;/h3-6H2,1-2H3;2*1H2/q+1;;/p-1. The Balaban J connectivity index is 0. The molecule has 1 aliphatic rings. The normalized spacial score (nSPS) is 22.2. The van der Waals surface area contributed by atoms with Crippen LogP contribution in [0, 0.1) is 0 Å². The minimum atomic E-state index is 0. The largest absolute Gasteiger partial charge is 0.870 e. The molecule has 0 radical (unpaired) electrons. The molecule has 0 amide bonds. The lowest BCUT2D eigenvalue weighted by Gasteiger charge is -2.33. The monoisotopic (exact) mass is 151 g/mol. The van der Waals surface area contributed by atoms with Crippen LogP contribution >= 0.6 is 0 Å². The zero-order valence-electron chi connectivity index (χ0n) is 6.63. The second-order valence-electron chi connectivity index (χ2n) is 3.00. The maximum Gasteiger partial charge on any atom is 0.102 e. The average Bonchev–Trinajstić information content (AvgIpc) is 1.65. The van der Waals surface area contributed by atoms with Crippen molar-refractivity contribution in [3.05, 3.63) is 0 Å². The van der Waals surface area contributed by atoms with Crippen molar-refractivity contribution in [2.24, 2.45) is 0 Å². The van der Waals surface area contributed by atoms with Crippen LogP contribution in [0.15, 0.2) is 0 Å². The molecule has 0 aromatic heterocycles. The van der Waals surface area contributed by atoms with Gasteiger partial charge in [-0.25, -0.2) is 0 Å².